The molecule has 0 saturated heterocycles. The van der Waals surface area contributed by atoms with Crippen LogP contribution in [0.3, 0.4) is 0 Å². The number of aliphatic hydroxyl groups is 1. The molecule has 6 heteroatoms. The first-order chi connectivity index (χ1) is 15.6. The van der Waals surface area contributed by atoms with Crippen molar-refractivity contribution in [2.45, 2.75) is 12.7 Å². The number of para-hydroxylation sites is 1. The number of ether oxygens (including phenoxy) is 1. The molecule has 0 bridgehead atoms. The molecule has 158 valence electrons. The van der Waals surface area contributed by atoms with E-state index in [9.17, 15) is 14.7 Å². The first kappa shape index (κ1) is 19.9. The SMILES string of the molecule is O=C1c2ccccc2C(=O)N1CC(O)c1cccc(OCc2ccc3ccccc3n2)c1. The van der Waals surface area contributed by atoms with Crippen molar-refractivity contribution in [3.05, 3.63) is 107 Å². The van der Waals surface area contributed by atoms with E-state index < -0.39 is 6.10 Å². The number of pyridine rings is 1. The van der Waals surface area contributed by atoms with Gasteiger partial charge in [0.2, 0.25) is 0 Å². The van der Waals surface area contributed by atoms with E-state index >= 15 is 0 Å². The van der Waals surface area contributed by atoms with Gasteiger partial charge in [0.05, 0.1) is 35.0 Å². The molecule has 0 fully saturated rings. The van der Waals surface area contributed by atoms with Crippen molar-refractivity contribution in [1.29, 1.82) is 0 Å². The summed E-state index contributed by atoms with van der Waals surface area (Å²) in [4.78, 5) is 30.8. The maximum atomic E-state index is 12.6. The zero-order chi connectivity index (χ0) is 22.1. The van der Waals surface area contributed by atoms with Crippen LogP contribution in [0.5, 0.6) is 5.75 Å². The molecule has 0 saturated carbocycles. The lowest BCUT2D eigenvalue weighted by Gasteiger charge is -2.19. The van der Waals surface area contributed by atoms with Crippen LogP contribution in [0.2, 0.25) is 0 Å². The number of benzene rings is 3. The van der Waals surface area contributed by atoms with E-state index in [1.54, 1.807) is 48.5 Å². The molecule has 1 aromatic heterocycles. The van der Waals surface area contributed by atoms with E-state index in [0.717, 1.165) is 21.5 Å². The molecule has 1 unspecified atom stereocenters. The van der Waals surface area contributed by atoms with Crippen molar-refractivity contribution in [2.24, 2.45) is 0 Å². The summed E-state index contributed by atoms with van der Waals surface area (Å²) in [5.74, 6) is -0.210. The molecule has 0 spiro atoms. The van der Waals surface area contributed by atoms with E-state index in [1.807, 2.05) is 36.4 Å². The van der Waals surface area contributed by atoms with Crippen molar-refractivity contribution in [1.82, 2.24) is 9.88 Å². The molecule has 1 aliphatic heterocycles. The fourth-order valence-corrected chi connectivity index (χ4v) is 3.84. The van der Waals surface area contributed by atoms with E-state index in [2.05, 4.69) is 4.98 Å². The molecule has 2 heterocycles. The maximum absolute atomic E-state index is 12.6. The lowest BCUT2D eigenvalue weighted by atomic mass is 10.1. The average Bonchev–Trinajstić information content (AvgIpc) is 3.08. The highest BCUT2D eigenvalue weighted by Gasteiger charge is 2.36. The van der Waals surface area contributed by atoms with E-state index in [0.29, 0.717) is 22.4 Å². The number of aliphatic hydroxyl groups excluding tert-OH is 1. The van der Waals surface area contributed by atoms with Crippen LogP contribution in [0, 0.1) is 0 Å². The summed E-state index contributed by atoms with van der Waals surface area (Å²) >= 11 is 0. The van der Waals surface area contributed by atoms with Crippen LogP contribution in [0.4, 0.5) is 0 Å². The molecule has 4 aromatic rings. The van der Waals surface area contributed by atoms with Crippen molar-refractivity contribution < 1.29 is 19.4 Å². The molecule has 5 rings (SSSR count). The Hall–Kier alpha value is -4.03. The number of hydrogen-bond acceptors (Lipinski definition) is 5. The molecule has 1 N–H and O–H groups in total. The van der Waals surface area contributed by atoms with E-state index in [1.165, 1.54) is 0 Å². The summed E-state index contributed by atoms with van der Waals surface area (Å²) in [6.45, 7) is 0.158. The van der Waals surface area contributed by atoms with Gasteiger partial charge in [-0.15, -0.1) is 0 Å². The van der Waals surface area contributed by atoms with E-state index in [4.69, 9.17) is 4.74 Å². The van der Waals surface area contributed by atoms with Crippen LogP contribution < -0.4 is 4.74 Å². The Morgan fingerprint density at radius 1 is 0.844 bits per heavy atom. The van der Waals surface area contributed by atoms with Crippen LogP contribution >= 0.6 is 0 Å². The number of rotatable bonds is 6. The molecular formula is C26H20N2O4. The van der Waals surface area contributed by atoms with Crippen molar-refractivity contribution in [3.63, 3.8) is 0 Å². The summed E-state index contributed by atoms with van der Waals surface area (Å²) in [6.07, 6.45) is -1.03. The number of amides is 2. The van der Waals surface area contributed by atoms with Crippen LogP contribution in [-0.4, -0.2) is 33.3 Å². The average molecular weight is 424 g/mol. The number of hydrogen-bond donors (Lipinski definition) is 1. The largest absolute Gasteiger partial charge is 0.487 e. The first-order valence-electron chi connectivity index (χ1n) is 10.3. The highest BCUT2D eigenvalue weighted by atomic mass is 16.5. The number of nitrogens with zero attached hydrogens (tertiary/aromatic N) is 2. The molecular weight excluding hydrogens is 404 g/mol. The number of carbonyl (C=O) groups excluding carboxylic acids is 2. The van der Waals surface area contributed by atoms with Gasteiger partial charge in [-0.05, 0) is 42.0 Å². The maximum Gasteiger partial charge on any atom is 0.261 e. The Bertz CT molecular complexity index is 1300. The Morgan fingerprint density at radius 3 is 2.34 bits per heavy atom. The van der Waals surface area contributed by atoms with Crippen LogP contribution in [0.1, 0.15) is 38.1 Å². The van der Waals surface area contributed by atoms with Gasteiger partial charge in [0.25, 0.3) is 11.8 Å². The van der Waals surface area contributed by atoms with Gasteiger partial charge in [-0.25, -0.2) is 4.98 Å². The molecule has 32 heavy (non-hydrogen) atoms. The molecule has 1 atom stereocenters. The summed E-state index contributed by atoms with van der Waals surface area (Å²) in [7, 11) is 0. The van der Waals surface area contributed by atoms with Crippen molar-refractivity contribution in [2.75, 3.05) is 6.54 Å². The highest BCUT2D eigenvalue weighted by Crippen LogP contribution is 2.27. The normalized spacial score (nSPS) is 14.0. The molecule has 1 aliphatic rings. The predicted octanol–water partition coefficient (Wildman–Crippen LogP) is 4.14. The lowest BCUT2D eigenvalue weighted by Crippen LogP contribution is -2.33. The number of carbonyl (C=O) groups is 2. The Morgan fingerprint density at radius 2 is 1.56 bits per heavy atom. The molecule has 0 aliphatic carbocycles. The summed E-state index contributed by atoms with van der Waals surface area (Å²) in [6, 6.07) is 25.5. The summed E-state index contributed by atoms with van der Waals surface area (Å²) in [5.41, 5.74) is 2.99. The first-order valence-corrected chi connectivity index (χ1v) is 10.3. The number of aromatic nitrogens is 1. The van der Waals surface area contributed by atoms with E-state index in [-0.39, 0.29) is 25.0 Å². The molecule has 3 aromatic carbocycles. The van der Waals surface area contributed by atoms with Gasteiger partial charge >= 0.3 is 0 Å². The number of β-amino-alcohol motifs (C(OH)–C–C–N with tert-alkyl or cyclic N) is 1. The number of imide groups is 1. The number of fused-ring (bicyclic) bond motifs is 2. The molecule has 2 amide bonds. The third-order valence-corrected chi connectivity index (χ3v) is 5.52. The Balaban J connectivity index is 1.27. The third kappa shape index (κ3) is 3.72. The van der Waals surface area contributed by atoms with Crippen LogP contribution in [0.25, 0.3) is 10.9 Å². The van der Waals surface area contributed by atoms with Crippen LogP contribution in [-0.2, 0) is 6.61 Å². The second-order valence-electron chi connectivity index (χ2n) is 7.64. The minimum Gasteiger partial charge on any atom is -0.487 e. The van der Waals surface area contributed by atoms with Crippen LogP contribution in [0.15, 0.2) is 84.9 Å². The third-order valence-electron chi connectivity index (χ3n) is 5.52. The van der Waals surface area contributed by atoms with Gasteiger partial charge in [0.15, 0.2) is 0 Å². The topological polar surface area (TPSA) is 79.7 Å². The Kier molecular flexibility index (Phi) is 5.13. The van der Waals surface area contributed by atoms with Crippen molar-refractivity contribution in [3.8, 4) is 5.75 Å². The fourth-order valence-electron chi connectivity index (χ4n) is 3.84. The monoisotopic (exact) mass is 424 g/mol. The standard InChI is InChI=1S/C26H20N2O4/c29-24(15-28-25(30)21-9-2-3-10-22(21)26(28)31)18-7-5-8-20(14-18)32-16-19-13-12-17-6-1-4-11-23(17)27-19/h1-14,24,29H,15-16H2. The fraction of sp³-hybridized carbons (Fsp3) is 0.115. The summed E-state index contributed by atoms with van der Waals surface area (Å²) < 4.78 is 5.87. The molecule has 6 nitrogen and oxygen atoms in total. The second-order valence-corrected chi connectivity index (χ2v) is 7.64. The second kappa shape index (κ2) is 8.24. The van der Waals surface area contributed by atoms with Gasteiger partial charge in [0.1, 0.15) is 12.4 Å². The lowest BCUT2D eigenvalue weighted by molar-refractivity contribution is 0.0543. The quantitative estimate of drug-likeness (QED) is 0.471. The van der Waals surface area contributed by atoms with Gasteiger partial charge < -0.3 is 9.84 Å². The zero-order valence-corrected chi connectivity index (χ0v) is 17.1. The predicted molar refractivity (Wildman–Crippen MR) is 119 cm³/mol. The summed E-state index contributed by atoms with van der Waals surface area (Å²) in [5, 5.41) is 11.8. The van der Waals surface area contributed by atoms with Gasteiger partial charge in [-0.2, -0.15) is 0 Å². The minimum absolute atomic E-state index is 0.123. The van der Waals surface area contributed by atoms with Crippen molar-refractivity contribution >= 4 is 22.7 Å². The minimum atomic E-state index is -1.03. The Labute approximate surface area is 184 Å². The van der Waals surface area contributed by atoms with Gasteiger partial charge in [-0.1, -0.05) is 48.5 Å². The smallest absolute Gasteiger partial charge is 0.261 e. The molecule has 0 radical (unpaired) electrons. The highest BCUT2D eigenvalue weighted by molar-refractivity contribution is 6.21. The zero-order valence-electron chi connectivity index (χ0n) is 17.1. The van der Waals surface area contributed by atoms with Gasteiger partial charge in [0, 0.05) is 5.39 Å². The van der Waals surface area contributed by atoms with Gasteiger partial charge in [-0.3, -0.25) is 14.5 Å².